The van der Waals surface area contributed by atoms with Crippen LogP contribution in [-0.4, -0.2) is 9.55 Å². The van der Waals surface area contributed by atoms with E-state index in [9.17, 15) is 0 Å². The molecule has 0 bridgehead atoms. The molecule has 0 spiro atoms. The van der Waals surface area contributed by atoms with Gasteiger partial charge in [-0.05, 0) is 102 Å². The summed E-state index contributed by atoms with van der Waals surface area (Å²) < 4.78 is 15.8. The van der Waals surface area contributed by atoms with E-state index in [0.717, 1.165) is 89.0 Å². The average molecular weight is 1210 g/mol. The van der Waals surface area contributed by atoms with E-state index in [1.54, 1.807) is 0 Å². The van der Waals surface area contributed by atoms with E-state index >= 15 is 0 Å². The Balaban J connectivity index is 0.00000623. The van der Waals surface area contributed by atoms with Gasteiger partial charge in [0.1, 0.15) is 17.0 Å². The quantitative estimate of drug-likeness (QED) is 0.142. The molecule has 394 valence electrons. The summed E-state index contributed by atoms with van der Waals surface area (Å²) >= 11 is 0. The summed E-state index contributed by atoms with van der Waals surface area (Å²) in [5.41, 5.74) is 17.9. The molecule has 0 radical (unpaired) electrons. The van der Waals surface area contributed by atoms with Gasteiger partial charge in [-0.25, -0.2) is 4.98 Å². The Kier molecular flexibility index (Phi) is 12.8. The molecule has 13 rings (SSSR count). The Morgan fingerprint density at radius 2 is 1.13 bits per heavy atom. The molecule has 0 aliphatic carbocycles. The van der Waals surface area contributed by atoms with Gasteiger partial charge < -0.3 is 23.5 Å². The molecule has 1 aliphatic heterocycles. The van der Waals surface area contributed by atoms with Crippen molar-refractivity contribution in [3.8, 4) is 50.7 Å². The number of hydrogen-bond acceptors (Lipinski definition) is 5. The van der Waals surface area contributed by atoms with Crippen molar-refractivity contribution < 1.29 is 30.2 Å². The van der Waals surface area contributed by atoms with Crippen LogP contribution in [0, 0.1) is 18.8 Å². The van der Waals surface area contributed by atoms with Crippen LogP contribution in [0.5, 0.6) is 11.5 Å². The van der Waals surface area contributed by atoms with Gasteiger partial charge in [-0.1, -0.05) is 201 Å². The fourth-order valence-corrected chi connectivity index (χ4v) is 11.1. The van der Waals surface area contributed by atoms with Crippen LogP contribution in [0.15, 0.2) is 205 Å². The average Bonchev–Trinajstić information content (AvgIpc) is 3.27. The number of aromatic nitrogens is 2. The van der Waals surface area contributed by atoms with E-state index < -0.39 is 0 Å². The van der Waals surface area contributed by atoms with Gasteiger partial charge in [0.25, 0.3) is 0 Å². The van der Waals surface area contributed by atoms with E-state index in [1.165, 1.54) is 33.4 Å². The molecule has 0 saturated heterocycles. The maximum Gasteiger partial charge on any atom is 0.136 e. The van der Waals surface area contributed by atoms with Crippen LogP contribution in [-0.2, 0) is 37.3 Å². The summed E-state index contributed by atoms with van der Waals surface area (Å²) in [6.07, 6.45) is 1.90. The Morgan fingerprint density at radius 1 is 0.494 bits per heavy atom. The van der Waals surface area contributed by atoms with Crippen molar-refractivity contribution in [2.75, 3.05) is 9.80 Å². The zero-order valence-electron chi connectivity index (χ0n) is 46.1. The Morgan fingerprint density at radius 3 is 1.87 bits per heavy atom. The maximum absolute atomic E-state index is 6.83. The molecule has 1 aliphatic rings. The summed E-state index contributed by atoms with van der Waals surface area (Å²) in [6, 6.07) is 76.7. The fourth-order valence-electron chi connectivity index (χ4n) is 11.1. The third-order valence-corrected chi connectivity index (χ3v) is 15.4. The number of hydrogen-bond donors (Lipinski definition) is 0. The molecule has 12 aromatic rings. The first kappa shape index (κ1) is 51.6. The molecular weight excluding hydrogens is 1150 g/mol. The van der Waals surface area contributed by atoms with Crippen molar-refractivity contribution in [3.05, 3.63) is 236 Å². The predicted molar refractivity (Wildman–Crippen MR) is 324 cm³/mol. The molecule has 79 heavy (non-hydrogen) atoms. The van der Waals surface area contributed by atoms with E-state index in [0.29, 0.717) is 11.5 Å². The van der Waals surface area contributed by atoms with Crippen molar-refractivity contribution in [2.45, 2.75) is 78.6 Å². The first-order valence-electron chi connectivity index (χ1n) is 27.0. The number of furan rings is 1. The first-order valence-corrected chi connectivity index (χ1v) is 27.0. The van der Waals surface area contributed by atoms with E-state index in [1.807, 2.05) is 24.4 Å². The second-order valence-corrected chi connectivity index (χ2v) is 23.8. The van der Waals surface area contributed by atoms with Gasteiger partial charge in [0.2, 0.25) is 0 Å². The molecule has 0 fully saturated rings. The minimum Gasteiger partial charge on any atom is -0.509 e. The fraction of sp³-hybridized carbons (Fsp3) is 0.167. The van der Waals surface area contributed by atoms with Gasteiger partial charge >= 0.3 is 0 Å². The van der Waals surface area contributed by atoms with Crippen LogP contribution >= 0.6 is 0 Å². The van der Waals surface area contributed by atoms with Gasteiger partial charge in [0, 0.05) is 67.0 Å². The number of para-hydroxylation sites is 3. The smallest absolute Gasteiger partial charge is 0.136 e. The minimum atomic E-state index is -0.0948. The molecule has 4 heterocycles. The number of ether oxygens (including phenoxy) is 1. The molecule has 3 aromatic heterocycles. The zero-order valence-corrected chi connectivity index (χ0v) is 48.3. The second-order valence-electron chi connectivity index (χ2n) is 23.8. The number of anilines is 4. The third-order valence-electron chi connectivity index (χ3n) is 15.4. The van der Waals surface area contributed by atoms with Crippen LogP contribution in [0.4, 0.5) is 22.7 Å². The maximum atomic E-state index is 6.83. The third kappa shape index (κ3) is 9.30. The van der Waals surface area contributed by atoms with E-state index in [4.69, 9.17) is 14.1 Å². The Hall–Kier alpha value is -8.18. The molecular formula is C72H61N4O2Pt-3. The van der Waals surface area contributed by atoms with Crippen molar-refractivity contribution >= 4 is 66.5 Å². The monoisotopic (exact) mass is 1210 g/mol. The number of pyridine rings is 1. The Labute approximate surface area is 478 Å². The largest absolute Gasteiger partial charge is 0.509 e. The van der Waals surface area contributed by atoms with Crippen LogP contribution in [0.2, 0.25) is 0 Å². The number of rotatable bonds is 8. The number of nitrogens with zero attached hydrogens (tertiary/aromatic N) is 4. The van der Waals surface area contributed by atoms with Crippen LogP contribution in [0.1, 0.15) is 79.0 Å². The predicted octanol–water partition coefficient (Wildman–Crippen LogP) is 19.8. The van der Waals surface area contributed by atoms with E-state index in [-0.39, 0.29) is 37.3 Å². The number of fused-ring (bicyclic) bond motifs is 8. The molecule has 9 aromatic carbocycles. The first-order chi connectivity index (χ1) is 37.5. The summed E-state index contributed by atoms with van der Waals surface area (Å²) in [6.45, 7) is 22.7. The van der Waals surface area contributed by atoms with Gasteiger partial charge in [0.05, 0.1) is 10.9 Å². The van der Waals surface area contributed by atoms with Crippen LogP contribution in [0.3, 0.4) is 0 Å². The van der Waals surface area contributed by atoms with Gasteiger partial charge in [-0.3, -0.25) is 0 Å². The molecule has 7 heteroatoms. The molecule has 0 atom stereocenters. The minimum absolute atomic E-state index is 0. The van der Waals surface area contributed by atoms with Crippen molar-refractivity contribution in [1.29, 1.82) is 0 Å². The molecule has 0 unspecified atom stereocenters. The SMILES string of the molecule is CC(C)(C)c1cc(-c2cccc(-c3cccc(-c4ccccc4)c3)c2N2[CH-]N(c3[c-]c(Oc4[c-]c5c(cc4)c4oc6ccc7ccccc7c6c4n5-c4cc(C(C)(C)C)ccn4)ccc3)c3ccccc32)cc(C(C)(C)C)c1.[Pt]. The van der Waals surface area contributed by atoms with E-state index in [2.05, 4.69) is 271 Å². The summed E-state index contributed by atoms with van der Waals surface area (Å²) in [4.78, 5) is 9.61. The number of benzene rings is 9. The normalized spacial score (nSPS) is 12.9. The Bertz CT molecular complexity index is 4270. The molecule has 0 amide bonds. The van der Waals surface area contributed by atoms with Crippen LogP contribution in [0.25, 0.3) is 82.9 Å². The second kappa shape index (κ2) is 19.6. The summed E-state index contributed by atoms with van der Waals surface area (Å²) in [5, 5.41) is 4.23. The zero-order chi connectivity index (χ0) is 53.7. The molecule has 0 N–H and O–H groups in total. The van der Waals surface area contributed by atoms with Crippen LogP contribution < -0.4 is 14.5 Å². The summed E-state index contributed by atoms with van der Waals surface area (Å²) in [7, 11) is 0. The van der Waals surface area contributed by atoms with Gasteiger partial charge in [-0.15, -0.1) is 42.7 Å². The van der Waals surface area contributed by atoms with Gasteiger partial charge in [-0.2, -0.15) is 12.1 Å². The molecule has 6 nitrogen and oxygen atoms in total. The van der Waals surface area contributed by atoms with Crippen molar-refractivity contribution in [2.24, 2.45) is 0 Å². The van der Waals surface area contributed by atoms with Crippen molar-refractivity contribution in [1.82, 2.24) is 9.55 Å². The van der Waals surface area contributed by atoms with Crippen molar-refractivity contribution in [3.63, 3.8) is 0 Å². The standard InChI is InChI=1S/C72H61N4O2.Pt/c1-70(2,3)51-36-37-73-65(42-51)76-63-44-56(33-34-60(63)69-68(76)66-57-27-14-13-22-47(57)32-35-64(66)78-69)77-55-26-18-25-54(43-55)74-45-75(62-31-16-15-30-61(62)74)67-58(49-24-17-23-48(38-49)46-20-11-10-12-21-46)28-19-29-59(67)50-39-52(71(4,5)6)41-53(40-50)72(7,8)9;/h10-42,45H,1-9H3;/q-3;. The topological polar surface area (TPSA) is 46.7 Å². The molecule has 0 saturated carbocycles. The van der Waals surface area contributed by atoms with Gasteiger partial charge in [0.15, 0.2) is 0 Å². The summed E-state index contributed by atoms with van der Waals surface area (Å²) in [5.74, 6) is 1.90.